The second kappa shape index (κ2) is 4.05. The summed E-state index contributed by atoms with van der Waals surface area (Å²) in [5, 5.41) is 0. The Kier molecular flexibility index (Phi) is 2.76. The van der Waals surface area contributed by atoms with E-state index in [1.54, 1.807) is 0 Å². The zero-order valence-electron chi connectivity index (χ0n) is 9.77. The van der Waals surface area contributed by atoms with Gasteiger partial charge in [0.2, 0.25) is 0 Å². The number of benzene rings is 1. The van der Waals surface area contributed by atoms with E-state index in [0.717, 1.165) is 13.1 Å². The van der Waals surface area contributed by atoms with E-state index in [4.69, 9.17) is 0 Å². The molecule has 1 heterocycles. The van der Waals surface area contributed by atoms with Crippen LogP contribution >= 0.6 is 0 Å². The lowest BCUT2D eigenvalue weighted by molar-refractivity contribution is -0.486. The molecular weight excluding hydrogens is 184 g/mol. The highest BCUT2D eigenvalue weighted by molar-refractivity contribution is 5.95. The van der Waals surface area contributed by atoms with E-state index in [1.165, 1.54) is 11.4 Å². The van der Waals surface area contributed by atoms with Gasteiger partial charge in [0.15, 0.2) is 0 Å². The Bertz CT molecular complexity index is 365. The summed E-state index contributed by atoms with van der Waals surface area (Å²) in [5.41, 5.74) is 1.33. The van der Waals surface area contributed by atoms with Crippen LogP contribution in [0.5, 0.6) is 0 Å². The summed E-state index contributed by atoms with van der Waals surface area (Å²) in [6.45, 7) is 6.77. The van der Waals surface area contributed by atoms with Crippen molar-refractivity contribution >= 4 is 5.84 Å². The maximum atomic E-state index is 2.47. The molecule has 0 aromatic heterocycles. The van der Waals surface area contributed by atoms with Crippen LogP contribution in [0.1, 0.15) is 19.4 Å². The molecule has 2 heteroatoms. The van der Waals surface area contributed by atoms with Gasteiger partial charge in [-0.15, -0.1) is 0 Å². The molecule has 1 aliphatic heterocycles. The van der Waals surface area contributed by atoms with Crippen LogP contribution in [0.2, 0.25) is 0 Å². The third-order valence-electron chi connectivity index (χ3n) is 2.97. The Hall–Kier alpha value is -1.31. The average Bonchev–Trinajstić information content (AvgIpc) is 2.61. The average molecular weight is 203 g/mol. The van der Waals surface area contributed by atoms with E-state index in [9.17, 15) is 0 Å². The van der Waals surface area contributed by atoms with Crippen molar-refractivity contribution in [3.05, 3.63) is 35.9 Å². The Labute approximate surface area is 91.8 Å². The molecule has 1 aromatic rings. The van der Waals surface area contributed by atoms with Crippen molar-refractivity contribution in [1.29, 1.82) is 0 Å². The lowest BCUT2D eigenvalue weighted by Gasteiger charge is -2.17. The van der Waals surface area contributed by atoms with Crippen LogP contribution in [-0.2, 0) is 0 Å². The summed E-state index contributed by atoms with van der Waals surface area (Å²) in [6, 6.07) is 11.2. The minimum Gasteiger partial charge on any atom is -0.260 e. The molecule has 80 valence electrons. The molecule has 0 spiro atoms. The molecule has 1 aromatic carbocycles. The molecule has 0 unspecified atom stereocenters. The molecule has 0 aliphatic carbocycles. The van der Waals surface area contributed by atoms with E-state index in [0.29, 0.717) is 6.04 Å². The second-order valence-electron chi connectivity index (χ2n) is 4.40. The molecule has 0 saturated carbocycles. The van der Waals surface area contributed by atoms with Gasteiger partial charge in [0.1, 0.15) is 13.1 Å². The van der Waals surface area contributed by atoms with Gasteiger partial charge in [-0.3, -0.25) is 9.48 Å². The third-order valence-corrected chi connectivity index (χ3v) is 2.97. The van der Waals surface area contributed by atoms with Gasteiger partial charge in [-0.2, -0.15) is 0 Å². The van der Waals surface area contributed by atoms with Crippen LogP contribution in [0.4, 0.5) is 0 Å². The van der Waals surface area contributed by atoms with Gasteiger partial charge in [0, 0.05) is 0 Å². The molecule has 0 atom stereocenters. The molecule has 1 aliphatic rings. The van der Waals surface area contributed by atoms with Gasteiger partial charge in [-0.1, -0.05) is 18.2 Å². The van der Waals surface area contributed by atoms with Gasteiger partial charge in [-0.05, 0) is 26.0 Å². The molecule has 0 saturated heterocycles. The van der Waals surface area contributed by atoms with Gasteiger partial charge in [0.05, 0.1) is 18.7 Å². The monoisotopic (exact) mass is 203 g/mol. The van der Waals surface area contributed by atoms with Crippen molar-refractivity contribution in [2.24, 2.45) is 0 Å². The second-order valence-corrected chi connectivity index (χ2v) is 4.40. The smallest absolute Gasteiger partial charge is 0.260 e. The molecule has 0 fully saturated rings. The maximum absolute atomic E-state index is 2.47. The first-order valence-electron chi connectivity index (χ1n) is 5.60. The fourth-order valence-electron chi connectivity index (χ4n) is 2.17. The van der Waals surface area contributed by atoms with E-state index in [1.807, 2.05) is 0 Å². The minimum atomic E-state index is 0.574. The zero-order valence-corrected chi connectivity index (χ0v) is 9.77. The number of hydrogen-bond acceptors (Lipinski definition) is 1. The highest BCUT2D eigenvalue weighted by Crippen LogP contribution is 2.13. The molecule has 0 N–H and O–H groups in total. The Morgan fingerprint density at radius 1 is 1.20 bits per heavy atom. The number of nitrogens with zero attached hydrogens (tertiary/aromatic N) is 2. The van der Waals surface area contributed by atoms with Crippen LogP contribution in [0.15, 0.2) is 30.3 Å². The van der Waals surface area contributed by atoms with Gasteiger partial charge in [0.25, 0.3) is 5.84 Å². The maximum Gasteiger partial charge on any atom is 0.279 e. The third kappa shape index (κ3) is 1.89. The quantitative estimate of drug-likeness (QED) is 0.664. The predicted molar refractivity (Wildman–Crippen MR) is 63.4 cm³/mol. The fourth-order valence-corrected chi connectivity index (χ4v) is 2.17. The predicted octanol–water partition coefficient (Wildman–Crippen LogP) is 1.80. The molecule has 2 nitrogen and oxygen atoms in total. The molecule has 0 radical (unpaired) electrons. The molecular formula is C13H19N2+. The number of likely N-dealkylation sites (N-methyl/N-ethyl adjacent to an activating group) is 1. The number of rotatable bonds is 2. The topological polar surface area (TPSA) is 6.25 Å². The molecule has 15 heavy (non-hydrogen) atoms. The molecule has 0 amide bonds. The van der Waals surface area contributed by atoms with Crippen molar-refractivity contribution in [2.75, 3.05) is 20.1 Å². The summed E-state index contributed by atoms with van der Waals surface area (Å²) < 4.78 is 2.34. The lowest BCUT2D eigenvalue weighted by atomic mass is 10.2. The lowest BCUT2D eigenvalue weighted by Crippen LogP contribution is -2.35. The first-order valence-corrected chi connectivity index (χ1v) is 5.60. The van der Waals surface area contributed by atoms with Crippen molar-refractivity contribution in [3.63, 3.8) is 0 Å². The first-order chi connectivity index (χ1) is 7.20. The highest BCUT2D eigenvalue weighted by Gasteiger charge is 2.31. The first kappa shape index (κ1) is 10.2. The minimum absolute atomic E-state index is 0.574. The zero-order chi connectivity index (χ0) is 10.8. The summed E-state index contributed by atoms with van der Waals surface area (Å²) >= 11 is 0. The van der Waals surface area contributed by atoms with Gasteiger partial charge >= 0.3 is 0 Å². The largest absolute Gasteiger partial charge is 0.279 e. The van der Waals surface area contributed by atoms with Crippen LogP contribution in [-0.4, -0.2) is 41.5 Å². The standard InChI is InChI=1S/C13H19N2/c1-11(2)15-10-9-14(3)13(15)12-7-5-4-6-8-12/h4-8,11H,9-10H2,1-3H3/q+1. The fraction of sp³-hybridized carbons (Fsp3) is 0.462. The Balaban J connectivity index is 2.38. The SMILES string of the molecule is CC(C)N1CC[N+](C)=C1c1ccccc1. The van der Waals surface area contributed by atoms with Crippen LogP contribution in [0.3, 0.4) is 0 Å². The van der Waals surface area contributed by atoms with Crippen molar-refractivity contribution < 1.29 is 4.58 Å². The summed E-state index contributed by atoms with van der Waals surface area (Å²) in [6.07, 6.45) is 0. The van der Waals surface area contributed by atoms with Crippen LogP contribution < -0.4 is 0 Å². The van der Waals surface area contributed by atoms with E-state index >= 15 is 0 Å². The highest BCUT2D eigenvalue weighted by atomic mass is 15.3. The number of hydrogen-bond donors (Lipinski definition) is 0. The normalized spacial score (nSPS) is 16.7. The number of amidine groups is 1. The van der Waals surface area contributed by atoms with E-state index < -0.39 is 0 Å². The molecule has 2 rings (SSSR count). The van der Waals surface area contributed by atoms with E-state index in [-0.39, 0.29) is 0 Å². The summed E-state index contributed by atoms with van der Waals surface area (Å²) in [4.78, 5) is 2.47. The van der Waals surface area contributed by atoms with Crippen LogP contribution in [0, 0.1) is 0 Å². The van der Waals surface area contributed by atoms with Crippen LogP contribution in [0.25, 0.3) is 0 Å². The van der Waals surface area contributed by atoms with Crippen molar-refractivity contribution in [3.8, 4) is 0 Å². The van der Waals surface area contributed by atoms with E-state index in [2.05, 4.69) is 60.7 Å². The Morgan fingerprint density at radius 3 is 2.47 bits per heavy atom. The summed E-state index contributed by atoms with van der Waals surface area (Å²) in [5.74, 6) is 1.37. The van der Waals surface area contributed by atoms with Gasteiger partial charge < -0.3 is 0 Å². The Morgan fingerprint density at radius 2 is 1.87 bits per heavy atom. The van der Waals surface area contributed by atoms with Crippen molar-refractivity contribution in [2.45, 2.75) is 19.9 Å². The van der Waals surface area contributed by atoms with Crippen molar-refractivity contribution in [1.82, 2.24) is 4.90 Å². The van der Waals surface area contributed by atoms with Gasteiger partial charge in [-0.25, -0.2) is 0 Å². The summed E-state index contributed by atoms with van der Waals surface area (Å²) in [7, 11) is 2.17. The molecule has 0 bridgehead atoms.